The Balaban J connectivity index is 2.17. The Kier molecular flexibility index (Phi) is 2.88. The van der Waals surface area contributed by atoms with Crippen molar-refractivity contribution in [3.63, 3.8) is 0 Å². The number of carboxylic acids is 1. The number of carbonyl (C=O) groups is 1. The van der Waals surface area contributed by atoms with E-state index in [-0.39, 0.29) is 12.3 Å². The smallest absolute Gasteiger partial charge is 0.303 e. The molecule has 1 aliphatic rings. The van der Waals surface area contributed by atoms with Crippen LogP contribution in [0, 0.1) is 11.8 Å². The van der Waals surface area contributed by atoms with E-state index >= 15 is 0 Å². The van der Waals surface area contributed by atoms with Crippen molar-refractivity contribution in [3.8, 4) is 0 Å². The molecule has 0 aromatic heterocycles. The van der Waals surface area contributed by atoms with Crippen LogP contribution in [0.1, 0.15) is 25.7 Å². The molecule has 0 radical (unpaired) electrons. The zero-order valence-corrected chi connectivity index (χ0v) is 6.62. The molecule has 1 unspecified atom stereocenters. The maximum absolute atomic E-state index is 10.3. The normalized spacial score (nSPS) is 19.7. The van der Waals surface area contributed by atoms with E-state index in [0.717, 1.165) is 12.3 Å². The Bertz CT molecular complexity index is 143. The molecular weight excluding hydrogens is 142 g/mol. The maximum Gasteiger partial charge on any atom is 0.303 e. The summed E-state index contributed by atoms with van der Waals surface area (Å²) in [6.45, 7) is 0.517. The van der Waals surface area contributed by atoms with Gasteiger partial charge in [0, 0.05) is 6.42 Å². The zero-order valence-electron chi connectivity index (χ0n) is 6.62. The first kappa shape index (κ1) is 8.53. The Morgan fingerprint density at radius 2 is 2.27 bits per heavy atom. The molecule has 0 heterocycles. The summed E-state index contributed by atoms with van der Waals surface area (Å²) in [5, 5.41) is 8.49. The summed E-state index contributed by atoms with van der Waals surface area (Å²) in [7, 11) is 0. The number of hydrogen-bond donors (Lipinski definition) is 2. The Hall–Kier alpha value is -0.570. The monoisotopic (exact) mass is 157 g/mol. The fraction of sp³-hybridized carbons (Fsp3) is 0.875. The summed E-state index contributed by atoms with van der Waals surface area (Å²) in [6, 6.07) is 0. The van der Waals surface area contributed by atoms with E-state index in [0.29, 0.717) is 6.54 Å². The summed E-state index contributed by atoms with van der Waals surface area (Å²) in [5.41, 5.74) is 5.43. The minimum atomic E-state index is -0.721. The van der Waals surface area contributed by atoms with Gasteiger partial charge in [-0.25, -0.2) is 0 Å². The molecule has 0 spiro atoms. The fourth-order valence-electron chi connectivity index (χ4n) is 1.33. The highest BCUT2D eigenvalue weighted by molar-refractivity contribution is 5.67. The predicted octanol–water partition coefficient (Wildman–Crippen LogP) is 0.836. The molecule has 0 aromatic rings. The van der Waals surface area contributed by atoms with Crippen LogP contribution in [-0.4, -0.2) is 17.6 Å². The molecule has 3 nitrogen and oxygen atoms in total. The molecule has 64 valence electrons. The average Bonchev–Trinajstić information content (AvgIpc) is 2.69. The van der Waals surface area contributed by atoms with E-state index in [1.54, 1.807) is 0 Å². The van der Waals surface area contributed by atoms with Gasteiger partial charge in [0.2, 0.25) is 0 Å². The number of rotatable bonds is 5. The van der Waals surface area contributed by atoms with E-state index < -0.39 is 5.97 Å². The van der Waals surface area contributed by atoms with Gasteiger partial charge in [0.05, 0.1) is 0 Å². The second-order valence-electron chi connectivity index (χ2n) is 3.38. The van der Waals surface area contributed by atoms with Crippen LogP contribution in [0.25, 0.3) is 0 Å². The van der Waals surface area contributed by atoms with Gasteiger partial charge in [-0.2, -0.15) is 0 Å². The van der Waals surface area contributed by atoms with E-state index in [1.165, 1.54) is 12.8 Å². The summed E-state index contributed by atoms with van der Waals surface area (Å²) >= 11 is 0. The molecule has 3 N–H and O–H groups in total. The molecule has 0 saturated heterocycles. The molecule has 0 bridgehead atoms. The molecule has 11 heavy (non-hydrogen) atoms. The number of aliphatic carboxylic acids is 1. The van der Waals surface area contributed by atoms with Crippen LogP contribution in [0.4, 0.5) is 0 Å². The summed E-state index contributed by atoms with van der Waals surface area (Å²) in [4.78, 5) is 10.3. The second kappa shape index (κ2) is 3.72. The van der Waals surface area contributed by atoms with Gasteiger partial charge < -0.3 is 10.8 Å². The van der Waals surface area contributed by atoms with Crippen molar-refractivity contribution < 1.29 is 9.90 Å². The van der Waals surface area contributed by atoms with Crippen LogP contribution in [0.2, 0.25) is 0 Å². The topological polar surface area (TPSA) is 63.3 Å². The SMILES string of the molecule is NCC(CC(=O)O)CC1CC1. The third-order valence-corrected chi connectivity index (χ3v) is 2.16. The minimum Gasteiger partial charge on any atom is -0.481 e. The van der Waals surface area contributed by atoms with Gasteiger partial charge in [0.1, 0.15) is 0 Å². The highest BCUT2D eigenvalue weighted by Crippen LogP contribution is 2.35. The van der Waals surface area contributed by atoms with E-state index in [2.05, 4.69) is 0 Å². The lowest BCUT2D eigenvalue weighted by atomic mass is 9.99. The Morgan fingerprint density at radius 3 is 2.64 bits per heavy atom. The van der Waals surface area contributed by atoms with Crippen molar-refractivity contribution >= 4 is 5.97 Å². The zero-order chi connectivity index (χ0) is 8.27. The Morgan fingerprint density at radius 1 is 1.64 bits per heavy atom. The van der Waals surface area contributed by atoms with Crippen LogP contribution >= 0.6 is 0 Å². The van der Waals surface area contributed by atoms with Crippen LogP contribution in [0.3, 0.4) is 0 Å². The molecule has 1 fully saturated rings. The molecule has 1 atom stereocenters. The first-order valence-corrected chi connectivity index (χ1v) is 4.14. The van der Waals surface area contributed by atoms with Gasteiger partial charge in [-0.05, 0) is 24.8 Å². The lowest BCUT2D eigenvalue weighted by molar-refractivity contribution is -0.138. The van der Waals surface area contributed by atoms with Gasteiger partial charge in [0.25, 0.3) is 0 Å². The molecule has 3 heteroatoms. The summed E-state index contributed by atoms with van der Waals surface area (Å²) in [6.07, 6.45) is 3.81. The van der Waals surface area contributed by atoms with Crippen LogP contribution in [0.15, 0.2) is 0 Å². The van der Waals surface area contributed by atoms with Gasteiger partial charge in [-0.15, -0.1) is 0 Å². The third-order valence-electron chi connectivity index (χ3n) is 2.16. The molecule has 0 amide bonds. The minimum absolute atomic E-state index is 0.208. The van der Waals surface area contributed by atoms with Crippen molar-refractivity contribution in [2.45, 2.75) is 25.7 Å². The van der Waals surface area contributed by atoms with Crippen molar-refractivity contribution in [3.05, 3.63) is 0 Å². The first-order valence-electron chi connectivity index (χ1n) is 4.14. The highest BCUT2D eigenvalue weighted by atomic mass is 16.4. The van der Waals surface area contributed by atoms with Gasteiger partial charge in [0.15, 0.2) is 0 Å². The third kappa shape index (κ3) is 3.37. The molecule has 0 aromatic carbocycles. The van der Waals surface area contributed by atoms with Crippen molar-refractivity contribution in [2.24, 2.45) is 17.6 Å². The summed E-state index contributed by atoms with van der Waals surface area (Å²) < 4.78 is 0. The van der Waals surface area contributed by atoms with Crippen LogP contribution < -0.4 is 5.73 Å². The van der Waals surface area contributed by atoms with Gasteiger partial charge in [-0.3, -0.25) is 4.79 Å². The number of carboxylic acid groups (broad SMARTS) is 1. The highest BCUT2D eigenvalue weighted by Gasteiger charge is 2.25. The lowest BCUT2D eigenvalue weighted by Gasteiger charge is -2.10. The molecule has 0 aliphatic heterocycles. The predicted molar refractivity (Wildman–Crippen MR) is 42.1 cm³/mol. The molecule has 1 aliphatic carbocycles. The number of hydrogen-bond acceptors (Lipinski definition) is 2. The number of nitrogens with two attached hydrogens (primary N) is 1. The molecule has 1 rings (SSSR count). The van der Waals surface area contributed by atoms with E-state index in [1.807, 2.05) is 0 Å². The van der Waals surface area contributed by atoms with Crippen molar-refractivity contribution in [1.82, 2.24) is 0 Å². The average molecular weight is 157 g/mol. The van der Waals surface area contributed by atoms with Crippen molar-refractivity contribution in [2.75, 3.05) is 6.54 Å². The second-order valence-corrected chi connectivity index (χ2v) is 3.38. The van der Waals surface area contributed by atoms with Gasteiger partial charge >= 0.3 is 5.97 Å². The lowest BCUT2D eigenvalue weighted by Crippen LogP contribution is -2.18. The van der Waals surface area contributed by atoms with E-state index in [9.17, 15) is 4.79 Å². The standard InChI is InChI=1S/C8H15NO2/c9-5-7(4-8(10)11)3-6-1-2-6/h6-7H,1-5,9H2,(H,10,11). The van der Waals surface area contributed by atoms with Crippen LogP contribution in [0.5, 0.6) is 0 Å². The van der Waals surface area contributed by atoms with Crippen molar-refractivity contribution in [1.29, 1.82) is 0 Å². The molecular formula is C8H15NO2. The van der Waals surface area contributed by atoms with E-state index in [4.69, 9.17) is 10.8 Å². The quantitative estimate of drug-likeness (QED) is 0.621. The summed E-state index contributed by atoms with van der Waals surface area (Å²) in [5.74, 6) is 0.268. The van der Waals surface area contributed by atoms with Crippen LogP contribution in [-0.2, 0) is 4.79 Å². The first-order chi connectivity index (χ1) is 5.22. The maximum atomic E-state index is 10.3. The van der Waals surface area contributed by atoms with Gasteiger partial charge in [-0.1, -0.05) is 12.8 Å². The molecule has 1 saturated carbocycles. The Labute approximate surface area is 66.6 Å². The largest absolute Gasteiger partial charge is 0.481 e. The fourth-order valence-corrected chi connectivity index (χ4v) is 1.33.